The van der Waals surface area contributed by atoms with Gasteiger partial charge in [-0.3, -0.25) is 19.8 Å². The predicted molar refractivity (Wildman–Crippen MR) is 80.9 cm³/mol. The molecule has 1 fully saturated rings. The molecule has 1 N–H and O–H groups in total. The van der Waals surface area contributed by atoms with Crippen LogP contribution in [-0.2, 0) is 9.59 Å². The van der Waals surface area contributed by atoms with Gasteiger partial charge in [0.25, 0.3) is 0 Å². The van der Waals surface area contributed by atoms with Crippen molar-refractivity contribution in [2.24, 2.45) is 5.41 Å². The minimum absolute atomic E-state index is 0.373. The second-order valence-corrected chi connectivity index (χ2v) is 6.67. The van der Waals surface area contributed by atoms with Gasteiger partial charge in [-0.05, 0) is 38.8 Å². The standard InChI is InChI=1S/C15H20N2O3S/c1-5-15(6-2)12(18)16-14(20)17(13(15)19)10(4)11-8-7-9(3)21-11/h7-8,10H,5-6H2,1-4H3,(H,16,18,20). The van der Waals surface area contributed by atoms with Gasteiger partial charge < -0.3 is 0 Å². The zero-order chi connectivity index (χ0) is 15.8. The van der Waals surface area contributed by atoms with Crippen molar-refractivity contribution in [2.45, 2.75) is 46.6 Å². The summed E-state index contributed by atoms with van der Waals surface area (Å²) < 4.78 is 0. The van der Waals surface area contributed by atoms with E-state index >= 15 is 0 Å². The number of carbonyl (C=O) groups is 3. The molecule has 4 amide bonds. The van der Waals surface area contributed by atoms with E-state index in [1.165, 1.54) is 4.90 Å². The Kier molecular flexibility index (Phi) is 4.18. The molecule has 0 spiro atoms. The Morgan fingerprint density at radius 1 is 1.24 bits per heavy atom. The molecule has 1 aliphatic heterocycles. The van der Waals surface area contributed by atoms with E-state index in [1.807, 2.05) is 26.0 Å². The van der Waals surface area contributed by atoms with E-state index in [0.717, 1.165) is 9.75 Å². The Hall–Kier alpha value is -1.69. The molecule has 1 aromatic rings. The first kappa shape index (κ1) is 15.7. The Balaban J connectivity index is 2.40. The molecule has 6 heteroatoms. The molecule has 1 saturated heterocycles. The van der Waals surface area contributed by atoms with Crippen LogP contribution in [0.2, 0.25) is 0 Å². The lowest BCUT2D eigenvalue weighted by Crippen LogP contribution is -2.63. The summed E-state index contributed by atoms with van der Waals surface area (Å²) in [6.07, 6.45) is 0.766. The minimum atomic E-state index is -1.13. The summed E-state index contributed by atoms with van der Waals surface area (Å²) in [6, 6.07) is 2.88. The van der Waals surface area contributed by atoms with Crippen LogP contribution in [-0.4, -0.2) is 22.7 Å². The molecule has 0 radical (unpaired) electrons. The van der Waals surface area contributed by atoms with E-state index < -0.39 is 17.4 Å². The van der Waals surface area contributed by atoms with Crippen LogP contribution in [0.4, 0.5) is 4.79 Å². The Bertz CT molecular complexity index is 589. The lowest BCUT2D eigenvalue weighted by Gasteiger charge is -2.40. The van der Waals surface area contributed by atoms with Crippen molar-refractivity contribution in [3.05, 3.63) is 21.9 Å². The first-order valence-electron chi connectivity index (χ1n) is 7.12. The largest absolute Gasteiger partial charge is 0.331 e. The molecular formula is C15H20N2O3S. The second-order valence-electron chi connectivity index (χ2n) is 5.35. The Labute approximate surface area is 128 Å². The first-order chi connectivity index (χ1) is 9.87. The fourth-order valence-electron chi connectivity index (χ4n) is 2.73. The topological polar surface area (TPSA) is 66.5 Å². The van der Waals surface area contributed by atoms with Crippen molar-refractivity contribution in [3.63, 3.8) is 0 Å². The van der Waals surface area contributed by atoms with Gasteiger partial charge in [-0.15, -0.1) is 11.3 Å². The molecule has 1 aromatic heterocycles. The number of hydrogen-bond donors (Lipinski definition) is 1. The lowest BCUT2D eigenvalue weighted by atomic mass is 9.78. The van der Waals surface area contributed by atoms with Gasteiger partial charge in [-0.2, -0.15) is 0 Å². The number of urea groups is 1. The summed E-state index contributed by atoms with van der Waals surface area (Å²) in [5.41, 5.74) is -1.13. The van der Waals surface area contributed by atoms with E-state index in [0.29, 0.717) is 12.8 Å². The van der Waals surface area contributed by atoms with Gasteiger partial charge in [0.15, 0.2) is 0 Å². The SMILES string of the molecule is CCC1(CC)C(=O)NC(=O)N(C(C)c2ccc(C)s2)C1=O. The smallest absolute Gasteiger partial charge is 0.277 e. The summed E-state index contributed by atoms with van der Waals surface area (Å²) in [6.45, 7) is 7.39. The predicted octanol–water partition coefficient (Wildman–Crippen LogP) is 3.00. The monoisotopic (exact) mass is 308 g/mol. The molecule has 1 atom stereocenters. The molecule has 5 nitrogen and oxygen atoms in total. The highest BCUT2D eigenvalue weighted by Crippen LogP contribution is 2.37. The first-order valence-corrected chi connectivity index (χ1v) is 7.94. The second kappa shape index (κ2) is 5.60. The number of imide groups is 2. The summed E-state index contributed by atoms with van der Waals surface area (Å²) in [4.78, 5) is 40.3. The molecule has 0 bridgehead atoms. The van der Waals surface area contributed by atoms with E-state index in [1.54, 1.807) is 25.2 Å². The fourth-order valence-corrected chi connectivity index (χ4v) is 3.65. The Morgan fingerprint density at radius 2 is 1.86 bits per heavy atom. The van der Waals surface area contributed by atoms with Gasteiger partial charge in [0, 0.05) is 9.75 Å². The van der Waals surface area contributed by atoms with Crippen LogP contribution in [0.3, 0.4) is 0 Å². The molecule has 1 aliphatic rings. The van der Waals surface area contributed by atoms with Gasteiger partial charge in [0.05, 0.1) is 6.04 Å². The molecule has 0 aromatic carbocycles. The summed E-state index contributed by atoms with van der Waals surface area (Å²) in [5, 5.41) is 2.34. The number of amides is 4. The zero-order valence-electron chi connectivity index (χ0n) is 12.7. The van der Waals surface area contributed by atoms with Crippen LogP contribution in [0.25, 0.3) is 0 Å². The number of thiophene rings is 1. The average molecular weight is 308 g/mol. The molecule has 0 saturated carbocycles. The number of hydrogen-bond acceptors (Lipinski definition) is 4. The summed E-state index contributed by atoms with van der Waals surface area (Å²) >= 11 is 1.55. The van der Waals surface area contributed by atoms with Crippen LogP contribution in [0, 0.1) is 12.3 Å². The van der Waals surface area contributed by atoms with E-state index in [-0.39, 0.29) is 11.9 Å². The number of carbonyl (C=O) groups excluding carboxylic acids is 3. The Morgan fingerprint density at radius 3 is 2.33 bits per heavy atom. The lowest BCUT2D eigenvalue weighted by molar-refractivity contribution is -0.153. The minimum Gasteiger partial charge on any atom is -0.277 e. The number of nitrogens with zero attached hydrogens (tertiary/aromatic N) is 1. The van der Waals surface area contributed by atoms with Crippen LogP contribution in [0.15, 0.2) is 12.1 Å². The third-order valence-corrected chi connectivity index (χ3v) is 5.44. The molecule has 0 aliphatic carbocycles. The van der Waals surface area contributed by atoms with Crippen molar-refractivity contribution in [2.75, 3.05) is 0 Å². The number of nitrogens with one attached hydrogen (secondary N) is 1. The van der Waals surface area contributed by atoms with Crippen molar-refractivity contribution < 1.29 is 14.4 Å². The average Bonchev–Trinajstić information content (AvgIpc) is 2.86. The van der Waals surface area contributed by atoms with Crippen LogP contribution in [0.5, 0.6) is 0 Å². The quantitative estimate of drug-likeness (QED) is 0.870. The summed E-state index contributed by atoms with van der Waals surface area (Å²) in [5.74, 6) is -0.867. The van der Waals surface area contributed by atoms with Crippen molar-refractivity contribution in [3.8, 4) is 0 Å². The van der Waals surface area contributed by atoms with Crippen molar-refractivity contribution in [1.82, 2.24) is 10.2 Å². The molecule has 1 unspecified atom stereocenters. The molecule has 114 valence electrons. The normalized spacial score (nSPS) is 19.6. The van der Waals surface area contributed by atoms with E-state index in [2.05, 4.69) is 5.32 Å². The summed E-state index contributed by atoms with van der Waals surface area (Å²) in [7, 11) is 0. The zero-order valence-corrected chi connectivity index (χ0v) is 13.5. The van der Waals surface area contributed by atoms with Gasteiger partial charge in [0.1, 0.15) is 5.41 Å². The number of barbiturate groups is 1. The van der Waals surface area contributed by atoms with Gasteiger partial charge >= 0.3 is 6.03 Å². The maximum Gasteiger partial charge on any atom is 0.331 e. The molecular weight excluding hydrogens is 288 g/mol. The van der Waals surface area contributed by atoms with Crippen LogP contribution in [0.1, 0.15) is 49.4 Å². The number of rotatable bonds is 4. The molecule has 21 heavy (non-hydrogen) atoms. The van der Waals surface area contributed by atoms with Gasteiger partial charge in [-0.1, -0.05) is 13.8 Å². The van der Waals surface area contributed by atoms with Crippen molar-refractivity contribution in [1.29, 1.82) is 0 Å². The highest BCUT2D eigenvalue weighted by molar-refractivity contribution is 7.12. The third-order valence-electron chi connectivity index (χ3n) is 4.27. The van der Waals surface area contributed by atoms with Crippen molar-refractivity contribution >= 4 is 29.2 Å². The third kappa shape index (κ3) is 2.37. The van der Waals surface area contributed by atoms with E-state index in [9.17, 15) is 14.4 Å². The fraction of sp³-hybridized carbons (Fsp3) is 0.533. The molecule has 2 heterocycles. The highest BCUT2D eigenvalue weighted by atomic mass is 32.1. The highest BCUT2D eigenvalue weighted by Gasteiger charge is 2.52. The van der Waals surface area contributed by atoms with E-state index in [4.69, 9.17) is 0 Å². The van der Waals surface area contributed by atoms with Gasteiger partial charge in [0.2, 0.25) is 11.8 Å². The maximum absolute atomic E-state index is 12.8. The maximum atomic E-state index is 12.8. The van der Waals surface area contributed by atoms with Crippen LogP contribution >= 0.6 is 11.3 Å². The number of aryl methyl sites for hydroxylation is 1. The molecule has 2 rings (SSSR count). The van der Waals surface area contributed by atoms with Crippen LogP contribution < -0.4 is 5.32 Å². The van der Waals surface area contributed by atoms with Gasteiger partial charge in [-0.25, -0.2) is 4.79 Å².